The first-order chi connectivity index (χ1) is 7.68. The van der Waals surface area contributed by atoms with E-state index in [9.17, 15) is 4.79 Å². The molecule has 0 aromatic rings. The number of hydrogen-bond acceptors (Lipinski definition) is 2. The van der Waals surface area contributed by atoms with E-state index >= 15 is 0 Å². The van der Waals surface area contributed by atoms with E-state index in [1.54, 1.807) is 7.05 Å². The standard InChI is InChI=1S/C12H21N3O/c1-15-11(16)10(14-12(15)13)8-7-9-5-3-2-4-6-9/h9-10H,2-8H2,1H3,(H2,13,14). The normalized spacial score (nSPS) is 27.3. The van der Waals surface area contributed by atoms with Gasteiger partial charge in [0.2, 0.25) is 0 Å². The summed E-state index contributed by atoms with van der Waals surface area (Å²) in [6, 6.07) is -0.139. The van der Waals surface area contributed by atoms with Crippen molar-refractivity contribution in [3.63, 3.8) is 0 Å². The Balaban J connectivity index is 1.77. The number of carbonyl (C=O) groups excluding carboxylic acids is 1. The van der Waals surface area contributed by atoms with Gasteiger partial charge in [-0.3, -0.25) is 15.1 Å². The van der Waals surface area contributed by atoms with Crippen LogP contribution >= 0.6 is 0 Å². The number of likely N-dealkylation sites (N-methyl/N-ethyl adjacent to an activating group) is 1. The van der Waals surface area contributed by atoms with Crippen molar-refractivity contribution in [2.45, 2.75) is 51.0 Å². The van der Waals surface area contributed by atoms with Gasteiger partial charge < -0.3 is 5.32 Å². The average Bonchev–Trinajstić information content (AvgIpc) is 2.56. The second-order valence-corrected chi connectivity index (χ2v) is 5.02. The Morgan fingerprint density at radius 1 is 1.31 bits per heavy atom. The molecule has 0 bridgehead atoms. The molecular weight excluding hydrogens is 202 g/mol. The second kappa shape index (κ2) is 4.85. The lowest BCUT2D eigenvalue weighted by Crippen LogP contribution is -2.29. The molecule has 1 saturated carbocycles. The van der Waals surface area contributed by atoms with E-state index in [0.29, 0.717) is 0 Å². The summed E-state index contributed by atoms with van der Waals surface area (Å²) in [5.74, 6) is 1.11. The Morgan fingerprint density at radius 3 is 2.56 bits per heavy atom. The Kier molecular flexibility index (Phi) is 3.46. The number of nitrogens with one attached hydrogen (secondary N) is 2. The molecule has 0 aromatic heterocycles. The number of hydrogen-bond donors (Lipinski definition) is 2. The van der Waals surface area contributed by atoms with Crippen LogP contribution in [0.5, 0.6) is 0 Å². The van der Waals surface area contributed by atoms with E-state index in [1.807, 2.05) is 0 Å². The number of nitrogens with zero attached hydrogens (tertiary/aromatic N) is 1. The molecule has 1 heterocycles. The highest BCUT2D eigenvalue weighted by Gasteiger charge is 2.32. The summed E-state index contributed by atoms with van der Waals surface area (Å²) in [5.41, 5.74) is 0. The van der Waals surface area contributed by atoms with Gasteiger partial charge in [0.25, 0.3) is 5.91 Å². The van der Waals surface area contributed by atoms with Crippen LogP contribution in [-0.2, 0) is 4.79 Å². The Bertz CT molecular complexity index is 284. The zero-order valence-electron chi connectivity index (χ0n) is 9.96. The molecule has 1 amide bonds. The quantitative estimate of drug-likeness (QED) is 0.765. The summed E-state index contributed by atoms with van der Waals surface area (Å²) in [6.45, 7) is 0. The molecule has 0 spiro atoms. The van der Waals surface area contributed by atoms with Crippen LogP contribution < -0.4 is 5.32 Å². The van der Waals surface area contributed by atoms with Crippen LogP contribution in [0, 0.1) is 11.3 Å². The fourth-order valence-electron chi connectivity index (χ4n) is 2.74. The Morgan fingerprint density at radius 2 is 2.00 bits per heavy atom. The molecule has 2 N–H and O–H groups in total. The van der Waals surface area contributed by atoms with E-state index in [4.69, 9.17) is 5.41 Å². The molecular formula is C12H21N3O. The van der Waals surface area contributed by atoms with Crippen LogP contribution in [0.1, 0.15) is 44.9 Å². The minimum atomic E-state index is -0.139. The van der Waals surface area contributed by atoms with Crippen LogP contribution in [0.3, 0.4) is 0 Å². The van der Waals surface area contributed by atoms with Crippen LogP contribution in [-0.4, -0.2) is 29.9 Å². The van der Waals surface area contributed by atoms with E-state index in [2.05, 4.69) is 5.32 Å². The van der Waals surface area contributed by atoms with Gasteiger partial charge in [0.1, 0.15) is 6.04 Å². The van der Waals surface area contributed by atoms with Gasteiger partial charge >= 0.3 is 0 Å². The van der Waals surface area contributed by atoms with Crippen molar-refractivity contribution in [1.82, 2.24) is 10.2 Å². The van der Waals surface area contributed by atoms with Crippen molar-refractivity contribution in [2.24, 2.45) is 5.92 Å². The van der Waals surface area contributed by atoms with Crippen molar-refractivity contribution < 1.29 is 4.79 Å². The van der Waals surface area contributed by atoms with Crippen LogP contribution in [0.4, 0.5) is 0 Å². The maximum Gasteiger partial charge on any atom is 0.251 e. The van der Waals surface area contributed by atoms with E-state index in [-0.39, 0.29) is 17.9 Å². The molecule has 1 unspecified atom stereocenters. The summed E-state index contributed by atoms with van der Waals surface area (Å²) < 4.78 is 0. The van der Waals surface area contributed by atoms with Gasteiger partial charge in [-0.25, -0.2) is 0 Å². The highest BCUT2D eigenvalue weighted by atomic mass is 16.2. The molecule has 0 radical (unpaired) electrons. The summed E-state index contributed by atoms with van der Waals surface area (Å²) in [7, 11) is 1.66. The predicted molar refractivity (Wildman–Crippen MR) is 63.2 cm³/mol. The lowest BCUT2D eigenvalue weighted by atomic mass is 9.85. The lowest BCUT2D eigenvalue weighted by Gasteiger charge is -2.22. The maximum absolute atomic E-state index is 11.7. The SMILES string of the molecule is CN1C(=N)NC(CCC2CCCCC2)C1=O. The summed E-state index contributed by atoms with van der Waals surface area (Å²) in [6.07, 6.45) is 8.76. The molecule has 2 aliphatic rings. The first kappa shape index (κ1) is 11.4. The van der Waals surface area contributed by atoms with Gasteiger partial charge in [-0.05, 0) is 18.8 Å². The minimum absolute atomic E-state index is 0.0563. The molecule has 90 valence electrons. The third kappa shape index (κ3) is 2.36. The van der Waals surface area contributed by atoms with Crippen LogP contribution in [0.15, 0.2) is 0 Å². The monoisotopic (exact) mass is 223 g/mol. The average molecular weight is 223 g/mol. The molecule has 2 rings (SSSR count). The second-order valence-electron chi connectivity index (χ2n) is 5.02. The molecule has 4 heteroatoms. The lowest BCUT2D eigenvalue weighted by molar-refractivity contribution is -0.126. The predicted octanol–water partition coefficient (Wildman–Crippen LogP) is 1.71. The molecule has 0 aromatic carbocycles. The van der Waals surface area contributed by atoms with Crippen LogP contribution in [0.2, 0.25) is 0 Å². The van der Waals surface area contributed by atoms with E-state index in [1.165, 1.54) is 37.0 Å². The highest BCUT2D eigenvalue weighted by Crippen LogP contribution is 2.28. The molecule has 1 saturated heterocycles. The summed E-state index contributed by atoms with van der Waals surface area (Å²) >= 11 is 0. The number of amides is 1. The van der Waals surface area contributed by atoms with Crippen molar-refractivity contribution >= 4 is 11.9 Å². The van der Waals surface area contributed by atoms with Gasteiger partial charge in [-0.1, -0.05) is 32.1 Å². The molecule has 1 aliphatic heterocycles. The molecule has 4 nitrogen and oxygen atoms in total. The molecule has 1 aliphatic carbocycles. The zero-order chi connectivity index (χ0) is 11.5. The maximum atomic E-state index is 11.7. The van der Waals surface area contributed by atoms with Gasteiger partial charge in [-0.15, -0.1) is 0 Å². The van der Waals surface area contributed by atoms with Gasteiger partial charge in [-0.2, -0.15) is 0 Å². The smallest absolute Gasteiger partial charge is 0.251 e. The minimum Gasteiger partial charge on any atom is -0.344 e. The third-order valence-corrected chi connectivity index (χ3v) is 3.86. The van der Waals surface area contributed by atoms with Crippen molar-refractivity contribution in [1.29, 1.82) is 5.41 Å². The number of guanidine groups is 1. The Hall–Kier alpha value is -1.06. The summed E-state index contributed by atoms with van der Waals surface area (Å²) in [5, 5.41) is 10.5. The fourth-order valence-corrected chi connectivity index (χ4v) is 2.74. The topological polar surface area (TPSA) is 56.2 Å². The Labute approximate surface area is 96.9 Å². The van der Waals surface area contributed by atoms with Crippen molar-refractivity contribution in [3.8, 4) is 0 Å². The zero-order valence-corrected chi connectivity index (χ0v) is 9.96. The number of carbonyl (C=O) groups is 1. The fraction of sp³-hybridized carbons (Fsp3) is 0.833. The molecule has 2 fully saturated rings. The van der Waals surface area contributed by atoms with Crippen molar-refractivity contribution in [2.75, 3.05) is 7.05 Å². The van der Waals surface area contributed by atoms with E-state index in [0.717, 1.165) is 18.8 Å². The van der Waals surface area contributed by atoms with Gasteiger partial charge in [0, 0.05) is 7.05 Å². The van der Waals surface area contributed by atoms with Crippen molar-refractivity contribution in [3.05, 3.63) is 0 Å². The first-order valence-electron chi connectivity index (χ1n) is 6.31. The van der Waals surface area contributed by atoms with E-state index < -0.39 is 0 Å². The first-order valence-corrected chi connectivity index (χ1v) is 6.31. The molecule has 1 atom stereocenters. The van der Waals surface area contributed by atoms with Gasteiger partial charge in [0.05, 0.1) is 0 Å². The summed E-state index contributed by atoms with van der Waals surface area (Å²) in [4.78, 5) is 13.1. The van der Waals surface area contributed by atoms with Gasteiger partial charge in [0.15, 0.2) is 5.96 Å². The number of rotatable bonds is 3. The van der Waals surface area contributed by atoms with Crippen LogP contribution in [0.25, 0.3) is 0 Å². The highest BCUT2D eigenvalue weighted by molar-refractivity contribution is 6.04. The third-order valence-electron chi connectivity index (χ3n) is 3.86. The molecule has 16 heavy (non-hydrogen) atoms. The largest absolute Gasteiger partial charge is 0.344 e.